The Hall–Kier alpha value is -2.45. The molecule has 132 valence electrons. The molecule has 0 radical (unpaired) electrons. The minimum Gasteiger partial charge on any atom is -0.351 e. The Morgan fingerprint density at radius 2 is 2.12 bits per heavy atom. The van der Waals surface area contributed by atoms with E-state index < -0.39 is 11.8 Å². The first-order valence-electron chi connectivity index (χ1n) is 8.01. The van der Waals surface area contributed by atoms with Gasteiger partial charge in [-0.3, -0.25) is 4.79 Å². The van der Waals surface area contributed by atoms with Crippen LogP contribution in [0.5, 0.6) is 0 Å². The summed E-state index contributed by atoms with van der Waals surface area (Å²) in [5.74, 6) is -0.692. The maximum atomic E-state index is 14.0. The number of halogens is 1. The van der Waals surface area contributed by atoms with Crippen LogP contribution in [-0.4, -0.2) is 31.1 Å². The van der Waals surface area contributed by atoms with Gasteiger partial charge in [0.15, 0.2) is 0 Å². The fraction of sp³-hybridized carbons (Fsp3) is 0.294. The van der Waals surface area contributed by atoms with Crippen LogP contribution in [0.2, 0.25) is 0 Å². The first-order chi connectivity index (χ1) is 12.0. The molecule has 0 aliphatic carbocycles. The summed E-state index contributed by atoms with van der Waals surface area (Å²) in [4.78, 5) is 24.7. The minimum atomic E-state index is -0.772. The summed E-state index contributed by atoms with van der Waals surface area (Å²) in [6.07, 6.45) is 1.88. The van der Waals surface area contributed by atoms with E-state index >= 15 is 0 Å². The Balaban J connectivity index is 1.89. The average molecular weight is 362 g/mol. The van der Waals surface area contributed by atoms with E-state index in [1.54, 1.807) is 24.3 Å². The van der Waals surface area contributed by atoms with E-state index in [1.165, 1.54) is 6.07 Å². The number of hydrogen-bond donors (Lipinski definition) is 4. The number of rotatable bonds is 4. The summed E-state index contributed by atoms with van der Waals surface area (Å²) in [6, 6.07) is 7.12. The van der Waals surface area contributed by atoms with E-state index in [2.05, 4.69) is 16.0 Å². The number of nitrogens with one attached hydrogen (secondary N) is 3. The average Bonchev–Trinajstić information content (AvgIpc) is 2.99. The van der Waals surface area contributed by atoms with Crippen molar-refractivity contribution in [3.05, 3.63) is 41.0 Å². The van der Waals surface area contributed by atoms with Gasteiger partial charge in [-0.05, 0) is 31.5 Å². The van der Waals surface area contributed by atoms with Gasteiger partial charge in [-0.15, -0.1) is 11.3 Å². The molecule has 1 aromatic heterocycles. The molecule has 3 amide bonds. The van der Waals surface area contributed by atoms with Crippen molar-refractivity contribution in [2.45, 2.75) is 18.9 Å². The lowest BCUT2D eigenvalue weighted by Crippen LogP contribution is -2.45. The predicted molar refractivity (Wildman–Crippen MR) is 96.3 cm³/mol. The molecular weight excluding hydrogens is 343 g/mol. The molecule has 6 nitrogen and oxygen atoms in total. The molecule has 1 aliphatic rings. The Labute approximate surface area is 148 Å². The second-order valence-electron chi connectivity index (χ2n) is 5.84. The van der Waals surface area contributed by atoms with E-state index in [1.807, 2.05) is 0 Å². The Morgan fingerprint density at radius 1 is 1.32 bits per heavy atom. The van der Waals surface area contributed by atoms with Crippen molar-refractivity contribution in [3.63, 3.8) is 0 Å². The number of urea groups is 1. The standard InChI is InChI=1S/C17H19FN4O2S/c18-12-6-2-1-5-11(12)14-8-13(22-17(19)24)15(25-14)16(23)21-10-4-3-7-20-9-10/h1-2,5-6,8,10,20H,3-4,7,9H2,(H,21,23)(H3,19,22,24)/t10-/m1/s1. The lowest BCUT2D eigenvalue weighted by Gasteiger charge is -2.23. The number of amides is 3. The number of hydrogen-bond acceptors (Lipinski definition) is 4. The van der Waals surface area contributed by atoms with Crippen molar-refractivity contribution in [2.24, 2.45) is 5.73 Å². The van der Waals surface area contributed by atoms with Gasteiger partial charge in [0.05, 0.1) is 5.69 Å². The Kier molecular flexibility index (Phi) is 5.30. The van der Waals surface area contributed by atoms with Crippen LogP contribution in [0, 0.1) is 5.82 Å². The maximum Gasteiger partial charge on any atom is 0.316 e. The van der Waals surface area contributed by atoms with Crippen molar-refractivity contribution in [2.75, 3.05) is 18.4 Å². The van der Waals surface area contributed by atoms with Crippen LogP contribution >= 0.6 is 11.3 Å². The van der Waals surface area contributed by atoms with Gasteiger partial charge in [-0.2, -0.15) is 0 Å². The molecule has 2 heterocycles. The smallest absolute Gasteiger partial charge is 0.316 e. The highest BCUT2D eigenvalue weighted by atomic mass is 32.1. The van der Waals surface area contributed by atoms with Gasteiger partial charge >= 0.3 is 6.03 Å². The number of carbonyl (C=O) groups is 2. The number of primary amides is 1. The van der Waals surface area contributed by atoms with E-state index in [4.69, 9.17) is 5.73 Å². The molecular formula is C17H19FN4O2S. The highest BCUT2D eigenvalue weighted by Gasteiger charge is 2.22. The van der Waals surface area contributed by atoms with E-state index in [9.17, 15) is 14.0 Å². The first kappa shape index (κ1) is 17.4. The lowest BCUT2D eigenvalue weighted by molar-refractivity contribution is 0.0935. The predicted octanol–water partition coefficient (Wildman–Crippen LogP) is 2.53. The third kappa shape index (κ3) is 4.15. The lowest BCUT2D eigenvalue weighted by atomic mass is 10.1. The van der Waals surface area contributed by atoms with Gasteiger partial charge < -0.3 is 21.7 Å². The number of benzene rings is 1. The summed E-state index contributed by atoms with van der Waals surface area (Å²) in [7, 11) is 0. The molecule has 5 N–H and O–H groups in total. The molecule has 25 heavy (non-hydrogen) atoms. The molecule has 0 bridgehead atoms. The summed E-state index contributed by atoms with van der Waals surface area (Å²) in [6.45, 7) is 1.65. The van der Waals surface area contributed by atoms with Gasteiger partial charge in [-0.1, -0.05) is 18.2 Å². The number of piperidine rings is 1. The molecule has 8 heteroatoms. The van der Waals surface area contributed by atoms with Crippen molar-refractivity contribution < 1.29 is 14.0 Å². The van der Waals surface area contributed by atoms with Crippen molar-refractivity contribution in [1.29, 1.82) is 0 Å². The molecule has 2 aromatic rings. The molecule has 1 saturated heterocycles. The largest absolute Gasteiger partial charge is 0.351 e. The molecule has 0 saturated carbocycles. The van der Waals surface area contributed by atoms with Crippen molar-refractivity contribution in [1.82, 2.24) is 10.6 Å². The second kappa shape index (κ2) is 7.62. The summed E-state index contributed by atoms with van der Waals surface area (Å²) in [5, 5.41) is 8.63. The van der Waals surface area contributed by atoms with Gasteiger partial charge in [-0.25, -0.2) is 9.18 Å². The first-order valence-corrected chi connectivity index (χ1v) is 8.83. The topological polar surface area (TPSA) is 96.2 Å². The summed E-state index contributed by atoms with van der Waals surface area (Å²) >= 11 is 1.12. The van der Waals surface area contributed by atoms with Crippen LogP contribution in [-0.2, 0) is 0 Å². The molecule has 1 aromatic carbocycles. The van der Waals surface area contributed by atoms with Gasteiger partial charge in [0.1, 0.15) is 10.7 Å². The zero-order valence-electron chi connectivity index (χ0n) is 13.5. The van der Waals surface area contributed by atoms with Crippen LogP contribution in [0.25, 0.3) is 10.4 Å². The van der Waals surface area contributed by atoms with Crippen LogP contribution in [0.15, 0.2) is 30.3 Å². The fourth-order valence-electron chi connectivity index (χ4n) is 2.81. The molecule has 3 rings (SSSR count). The zero-order chi connectivity index (χ0) is 17.8. The summed E-state index contributed by atoms with van der Waals surface area (Å²) < 4.78 is 14.0. The molecule has 1 atom stereocenters. The highest BCUT2D eigenvalue weighted by molar-refractivity contribution is 7.18. The van der Waals surface area contributed by atoms with E-state index in [0.717, 1.165) is 30.7 Å². The SMILES string of the molecule is NC(=O)Nc1cc(-c2ccccc2F)sc1C(=O)N[C@@H]1CCCNC1. The zero-order valence-corrected chi connectivity index (χ0v) is 14.3. The van der Waals surface area contributed by atoms with Crippen LogP contribution < -0.4 is 21.7 Å². The molecule has 0 unspecified atom stereocenters. The maximum absolute atomic E-state index is 14.0. The van der Waals surface area contributed by atoms with Gasteiger partial charge in [0, 0.05) is 23.0 Å². The highest BCUT2D eigenvalue weighted by Crippen LogP contribution is 2.36. The quantitative estimate of drug-likeness (QED) is 0.673. The van der Waals surface area contributed by atoms with Crippen LogP contribution in [0.3, 0.4) is 0 Å². The van der Waals surface area contributed by atoms with E-state index in [0.29, 0.717) is 21.9 Å². The number of thiophene rings is 1. The Morgan fingerprint density at radius 3 is 2.80 bits per heavy atom. The monoisotopic (exact) mass is 362 g/mol. The fourth-order valence-corrected chi connectivity index (χ4v) is 3.85. The van der Waals surface area contributed by atoms with Crippen molar-refractivity contribution >= 4 is 29.0 Å². The number of nitrogens with two attached hydrogens (primary N) is 1. The molecule has 1 aliphatic heterocycles. The van der Waals surface area contributed by atoms with Gasteiger partial charge in [0.25, 0.3) is 5.91 Å². The third-order valence-electron chi connectivity index (χ3n) is 3.97. The van der Waals surface area contributed by atoms with Gasteiger partial charge in [0.2, 0.25) is 0 Å². The molecule has 0 spiro atoms. The number of anilines is 1. The molecule has 1 fully saturated rings. The normalized spacial score (nSPS) is 17.1. The Bertz CT molecular complexity index is 787. The minimum absolute atomic E-state index is 0.0293. The second-order valence-corrected chi connectivity index (χ2v) is 6.89. The third-order valence-corrected chi connectivity index (χ3v) is 5.13. The van der Waals surface area contributed by atoms with Crippen LogP contribution in [0.4, 0.5) is 14.9 Å². The summed E-state index contributed by atoms with van der Waals surface area (Å²) in [5.41, 5.74) is 5.86. The van der Waals surface area contributed by atoms with Crippen LogP contribution in [0.1, 0.15) is 22.5 Å². The van der Waals surface area contributed by atoms with E-state index in [-0.39, 0.29) is 17.6 Å². The van der Waals surface area contributed by atoms with Crippen molar-refractivity contribution in [3.8, 4) is 10.4 Å². The number of carbonyl (C=O) groups excluding carboxylic acids is 2.